The molecule has 0 aliphatic carbocycles. The van der Waals surface area contributed by atoms with Crippen molar-refractivity contribution in [1.29, 1.82) is 0 Å². The van der Waals surface area contributed by atoms with Crippen LogP contribution in [-0.2, 0) is 20.4 Å². The van der Waals surface area contributed by atoms with E-state index in [-0.39, 0.29) is 23.0 Å². The third-order valence-electron chi connectivity index (χ3n) is 3.09. The van der Waals surface area contributed by atoms with Crippen LogP contribution in [0.2, 0.25) is 0 Å². The lowest BCUT2D eigenvalue weighted by atomic mass is 10.4. The van der Waals surface area contributed by atoms with Crippen molar-refractivity contribution in [3.63, 3.8) is 0 Å². The highest BCUT2D eigenvalue weighted by Crippen LogP contribution is 2.12. The fraction of sp³-hybridized carbons (Fsp3) is 0.312. The Hall–Kier alpha value is -1.73. The Kier molecular flexibility index (Phi) is 6.73. The minimum absolute atomic E-state index is 0.0277. The summed E-state index contributed by atoms with van der Waals surface area (Å²) in [5.41, 5.74) is 0. The maximum atomic E-state index is 12.0. The van der Waals surface area contributed by atoms with Gasteiger partial charge in [0.25, 0.3) is 0 Å². The second kappa shape index (κ2) is 8.79. The van der Waals surface area contributed by atoms with Gasteiger partial charge < -0.3 is 9.73 Å². The number of carbonyl (C=O) groups excluding carboxylic acids is 1. The lowest BCUT2D eigenvalue weighted by Gasteiger charge is -2.06. The highest BCUT2D eigenvalue weighted by atomic mass is 32.2. The van der Waals surface area contributed by atoms with E-state index < -0.39 is 9.84 Å². The summed E-state index contributed by atoms with van der Waals surface area (Å²) in [7, 11) is -3.40. The number of benzene rings is 1. The molecule has 7 heteroatoms. The second-order valence-corrected chi connectivity index (χ2v) is 8.08. The van der Waals surface area contributed by atoms with Crippen LogP contribution in [0.4, 0.5) is 0 Å². The minimum Gasteiger partial charge on any atom is -0.468 e. The Morgan fingerprint density at radius 1 is 1.13 bits per heavy atom. The molecule has 1 aromatic heterocycles. The molecule has 0 unspecified atom stereocenters. The molecule has 5 nitrogen and oxygen atoms in total. The average Bonchev–Trinajstić information content (AvgIpc) is 3.07. The smallest absolute Gasteiger partial charge is 0.221 e. The Morgan fingerprint density at radius 2 is 1.91 bits per heavy atom. The van der Waals surface area contributed by atoms with Gasteiger partial charge in [0.1, 0.15) is 5.76 Å². The van der Waals surface area contributed by atoms with Crippen LogP contribution in [0.1, 0.15) is 12.2 Å². The number of rotatable bonds is 9. The van der Waals surface area contributed by atoms with Gasteiger partial charge in [0, 0.05) is 18.7 Å². The molecule has 0 radical (unpaired) electrons. The summed E-state index contributed by atoms with van der Waals surface area (Å²) in [6, 6.07) is 11.9. The van der Waals surface area contributed by atoms with E-state index in [1.165, 1.54) is 0 Å². The lowest BCUT2D eigenvalue weighted by molar-refractivity contribution is -0.120. The molecular weight excluding hydrogens is 334 g/mol. The molecule has 0 saturated carbocycles. The first-order chi connectivity index (χ1) is 11.1. The van der Waals surface area contributed by atoms with Crippen LogP contribution in [0.25, 0.3) is 0 Å². The molecule has 1 heterocycles. The predicted octanol–water partition coefficient (Wildman–Crippen LogP) is 2.49. The standard InChI is InChI=1S/C16H19NO4S2/c18-16(17-9-11-22-13-14-5-4-10-21-14)8-12-23(19,20)15-6-2-1-3-7-15/h1-7,10H,8-9,11-13H2,(H,17,18). The Bertz CT molecular complexity index is 697. The van der Waals surface area contributed by atoms with Gasteiger partial charge in [-0.25, -0.2) is 8.42 Å². The summed E-state index contributed by atoms with van der Waals surface area (Å²) in [6.45, 7) is 0.510. The van der Waals surface area contributed by atoms with E-state index in [2.05, 4.69) is 5.32 Å². The molecule has 2 rings (SSSR count). The first-order valence-corrected chi connectivity index (χ1v) is 10.0. The van der Waals surface area contributed by atoms with Gasteiger partial charge in [-0.3, -0.25) is 4.79 Å². The quantitative estimate of drug-likeness (QED) is 0.701. The summed E-state index contributed by atoms with van der Waals surface area (Å²) >= 11 is 1.65. The number of furan rings is 1. The average molecular weight is 353 g/mol. The first kappa shape index (κ1) is 17.6. The van der Waals surface area contributed by atoms with Crippen molar-refractivity contribution in [1.82, 2.24) is 5.32 Å². The van der Waals surface area contributed by atoms with Crippen LogP contribution in [0.5, 0.6) is 0 Å². The Labute approximate surface area is 140 Å². The second-order valence-electron chi connectivity index (χ2n) is 4.86. The predicted molar refractivity (Wildman–Crippen MR) is 91.0 cm³/mol. The number of hydrogen-bond acceptors (Lipinski definition) is 5. The largest absolute Gasteiger partial charge is 0.468 e. The number of carbonyl (C=O) groups is 1. The van der Waals surface area contributed by atoms with E-state index in [0.717, 1.165) is 17.3 Å². The molecule has 1 N–H and O–H groups in total. The molecule has 2 aromatic rings. The normalized spacial score (nSPS) is 11.3. The topological polar surface area (TPSA) is 76.4 Å². The van der Waals surface area contributed by atoms with Crippen molar-refractivity contribution in [2.24, 2.45) is 0 Å². The van der Waals surface area contributed by atoms with Gasteiger partial charge in [-0.15, -0.1) is 0 Å². The van der Waals surface area contributed by atoms with Crippen molar-refractivity contribution in [2.45, 2.75) is 17.1 Å². The van der Waals surface area contributed by atoms with Crippen LogP contribution >= 0.6 is 11.8 Å². The monoisotopic (exact) mass is 353 g/mol. The molecule has 0 bridgehead atoms. The minimum atomic E-state index is -3.40. The maximum absolute atomic E-state index is 12.0. The molecule has 23 heavy (non-hydrogen) atoms. The molecular formula is C16H19NO4S2. The van der Waals surface area contributed by atoms with E-state index in [1.807, 2.05) is 12.1 Å². The van der Waals surface area contributed by atoms with Crippen molar-refractivity contribution in [3.05, 3.63) is 54.5 Å². The fourth-order valence-corrected chi connectivity index (χ4v) is 3.91. The van der Waals surface area contributed by atoms with Crippen molar-refractivity contribution >= 4 is 27.5 Å². The molecule has 0 aliphatic heterocycles. The van der Waals surface area contributed by atoms with Crippen LogP contribution < -0.4 is 5.32 Å². The molecule has 0 saturated heterocycles. The van der Waals surface area contributed by atoms with E-state index >= 15 is 0 Å². The van der Waals surface area contributed by atoms with Gasteiger partial charge in [0.05, 0.1) is 22.7 Å². The number of sulfone groups is 1. The number of hydrogen-bond donors (Lipinski definition) is 1. The maximum Gasteiger partial charge on any atom is 0.221 e. The summed E-state index contributed by atoms with van der Waals surface area (Å²) in [6.07, 6.45) is 1.60. The molecule has 0 atom stereocenters. The van der Waals surface area contributed by atoms with E-state index in [4.69, 9.17) is 4.42 Å². The SMILES string of the molecule is O=C(CCS(=O)(=O)c1ccccc1)NCCSCc1ccco1. The van der Waals surface area contributed by atoms with Crippen LogP contribution in [-0.4, -0.2) is 32.4 Å². The number of thioether (sulfide) groups is 1. The molecule has 124 valence electrons. The third kappa shape index (κ3) is 6.11. The molecule has 1 amide bonds. The van der Waals surface area contributed by atoms with Crippen molar-refractivity contribution in [3.8, 4) is 0 Å². The third-order valence-corrected chi connectivity index (χ3v) is 5.81. The number of amides is 1. The van der Waals surface area contributed by atoms with Gasteiger partial charge in [-0.1, -0.05) is 18.2 Å². The van der Waals surface area contributed by atoms with E-state index in [0.29, 0.717) is 6.54 Å². The first-order valence-electron chi connectivity index (χ1n) is 7.22. The van der Waals surface area contributed by atoms with Crippen molar-refractivity contribution in [2.75, 3.05) is 18.1 Å². The number of nitrogens with one attached hydrogen (secondary N) is 1. The van der Waals surface area contributed by atoms with Crippen LogP contribution in [0.3, 0.4) is 0 Å². The summed E-state index contributed by atoms with van der Waals surface area (Å²) in [5, 5.41) is 2.73. The molecule has 0 aliphatic rings. The van der Waals surface area contributed by atoms with E-state index in [1.54, 1.807) is 48.4 Å². The van der Waals surface area contributed by atoms with Gasteiger partial charge in [0.15, 0.2) is 9.84 Å². The Balaban J connectivity index is 1.63. The fourth-order valence-electron chi connectivity index (χ4n) is 1.89. The lowest BCUT2D eigenvalue weighted by Crippen LogP contribution is -2.27. The summed E-state index contributed by atoms with van der Waals surface area (Å²) in [4.78, 5) is 12.0. The molecule has 1 aromatic carbocycles. The molecule has 0 spiro atoms. The summed E-state index contributed by atoms with van der Waals surface area (Å²) in [5.74, 6) is 1.98. The van der Waals surface area contributed by atoms with Crippen LogP contribution in [0.15, 0.2) is 58.0 Å². The van der Waals surface area contributed by atoms with Crippen LogP contribution in [0, 0.1) is 0 Å². The highest BCUT2D eigenvalue weighted by Gasteiger charge is 2.15. The zero-order valence-corrected chi connectivity index (χ0v) is 14.2. The van der Waals surface area contributed by atoms with E-state index in [9.17, 15) is 13.2 Å². The molecule has 0 fully saturated rings. The highest BCUT2D eigenvalue weighted by molar-refractivity contribution is 7.98. The summed E-state index contributed by atoms with van der Waals surface area (Å²) < 4.78 is 29.3. The van der Waals surface area contributed by atoms with Gasteiger partial charge in [-0.2, -0.15) is 11.8 Å². The van der Waals surface area contributed by atoms with Crippen molar-refractivity contribution < 1.29 is 17.6 Å². The Morgan fingerprint density at radius 3 is 2.61 bits per heavy atom. The van der Waals surface area contributed by atoms with Gasteiger partial charge in [0.2, 0.25) is 5.91 Å². The zero-order valence-electron chi connectivity index (χ0n) is 12.6. The van der Waals surface area contributed by atoms with Gasteiger partial charge >= 0.3 is 0 Å². The zero-order chi connectivity index (χ0) is 16.5. The van der Waals surface area contributed by atoms with Gasteiger partial charge in [-0.05, 0) is 24.3 Å².